The number of aliphatic hydroxyl groups is 12. The van der Waals surface area contributed by atoms with Crippen LogP contribution >= 0.6 is 7.82 Å². The summed E-state index contributed by atoms with van der Waals surface area (Å²) in [6.45, 7) is 8.19. The molecule has 6 heterocycles. The SMILES string of the molecule is Cc1cc2nc3c(=O)[nH]c(=O)nc-3n(CC(O)C(O)C(O)CO)c2cc1C.Cc1cc2nc3c(=O)[nH]c(=O)nc-3n(CC(O)C(O)C(O)CO)c2cc1C.Cc1cc2nc3c(=O)[nH]c(=O)nc-3n(CC(O)C(O)C(O)CO)c2cc1C.O=P([O-])([O-])[O-].[Na+].[Na+].[Na+]. The minimum Gasteiger partial charge on any atom is -0.822 e. The quantitative estimate of drug-likeness (QED) is 0.0257. The van der Waals surface area contributed by atoms with Crippen molar-refractivity contribution in [2.75, 3.05) is 19.8 Å². The molecule has 9 unspecified atom stereocenters. The van der Waals surface area contributed by atoms with E-state index < -0.39 is 116 Å². The molecule has 3 aromatic carbocycles. The molecule has 3 aromatic rings. The number of benzene rings is 3. The van der Waals surface area contributed by atoms with Gasteiger partial charge in [0.25, 0.3) is 16.7 Å². The Bertz CT molecular complexity index is 3840. The molecule has 9 rings (SSSR count). The molecule has 89 heavy (non-hydrogen) atoms. The third-order valence-corrected chi connectivity index (χ3v) is 13.7. The van der Waals surface area contributed by atoms with Crippen LogP contribution in [0.1, 0.15) is 33.4 Å². The first-order valence-corrected chi connectivity index (χ1v) is 27.1. The number of fused-ring (bicyclic) bond motifs is 6. The first-order valence-electron chi connectivity index (χ1n) is 25.6. The summed E-state index contributed by atoms with van der Waals surface area (Å²) in [5.74, 6) is -0.155. The molecule has 0 aromatic heterocycles. The average Bonchev–Trinajstić information content (AvgIpc) is 1.15. The van der Waals surface area contributed by atoms with E-state index >= 15 is 0 Å². The Balaban J connectivity index is 0.000000330. The maximum absolute atomic E-state index is 12.2. The number of aromatic nitrogens is 12. The summed E-state index contributed by atoms with van der Waals surface area (Å²) in [5, 5.41) is 116. The van der Waals surface area contributed by atoms with E-state index in [0.29, 0.717) is 33.1 Å². The van der Waals surface area contributed by atoms with Crippen LogP contribution in [0.3, 0.4) is 0 Å². The molecular weight excluding hydrogens is 1230 g/mol. The number of nitrogens with zero attached hydrogens (tertiary/aromatic N) is 9. The number of hydrogen-bond donors (Lipinski definition) is 15. The molecule has 9 atom stereocenters. The van der Waals surface area contributed by atoms with E-state index in [0.717, 1.165) is 33.4 Å². The van der Waals surface area contributed by atoms with Gasteiger partial charge in [0.2, 0.25) is 0 Å². The van der Waals surface area contributed by atoms with Gasteiger partial charge in [-0.1, -0.05) is 0 Å². The van der Waals surface area contributed by atoms with Gasteiger partial charge in [0.15, 0.2) is 34.6 Å². The summed E-state index contributed by atoms with van der Waals surface area (Å²) in [6, 6.07) is 10.6. The molecule has 0 amide bonds. The van der Waals surface area contributed by atoms with Crippen molar-refractivity contribution < 1.29 is 169 Å². The molecule has 0 radical (unpaired) electrons. The normalized spacial score (nSPS) is 14.5. The largest absolute Gasteiger partial charge is 1.00 e. The molecule has 15 N–H and O–H groups in total. The Morgan fingerprint density at radius 1 is 0.393 bits per heavy atom. The van der Waals surface area contributed by atoms with Gasteiger partial charge >= 0.3 is 106 Å². The van der Waals surface area contributed by atoms with E-state index in [1.807, 2.05) is 41.5 Å². The van der Waals surface area contributed by atoms with Crippen molar-refractivity contribution in [3.05, 3.63) is 132 Å². The number of phosphoric acid groups is 1. The van der Waals surface area contributed by atoms with Crippen molar-refractivity contribution >= 4 is 40.9 Å². The van der Waals surface area contributed by atoms with Gasteiger partial charge in [-0.25, -0.2) is 29.3 Å². The summed E-state index contributed by atoms with van der Waals surface area (Å²) in [6.07, 6.45) is -14.0. The van der Waals surface area contributed by atoms with Gasteiger partial charge in [0.1, 0.15) is 54.9 Å². The molecule has 6 aliphatic rings. The molecule has 38 heteroatoms. The van der Waals surface area contributed by atoms with E-state index in [9.17, 15) is 74.7 Å². The van der Waals surface area contributed by atoms with Crippen LogP contribution in [0.5, 0.6) is 0 Å². The molecule has 0 bridgehead atoms. The van der Waals surface area contributed by atoms with Crippen LogP contribution in [0.25, 0.3) is 67.7 Å². The summed E-state index contributed by atoms with van der Waals surface area (Å²) >= 11 is 0. The fourth-order valence-corrected chi connectivity index (χ4v) is 8.68. The third-order valence-electron chi connectivity index (χ3n) is 13.7. The van der Waals surface area contributed by atoms with Gasteiger partial charge in [-0.15, -0.1) is 0 Å². The van der Waals surface area contributed by atoms with Crippen molar-refractivity contribution in [2.45, 2.75) is 116 Å². The number of aromatic amines is 3. The number of aryl methyl sites for hydroxylation is 6. The summed E-state index contributed by atoms with van der Waals surface area (Å²) in [5.41, 5.74) is 3.34. The number of rotatable bonds is 15. The number of nitrogens with one attached hydrogen (secondary N) is 3. The second-order valence-electron chi connectivity index (χ2n) is 19.9. The standard InChI is InChI=1S/3C17H20N4O6.3Na.H3O4P/c3*1-7-3-9-10(4-8(7)2)21(5-11(23)14(25)12(24)6-22)15-13(18-9)16(26)20-17(27)19-15;;;;1-5(2,3)4/h3*3-4,11-12,14,22-25H,5-6H2,1-2H3,(H,20,26,27);;;;(H3,1,2,3,4)/q;;;3*+1;/p-3. The topological polar surface area (TPSA) is 571 Å². The average molecular weight is 1290 g/mol. The minimum absolute atomic E-state index is 0. The molecule has 0 saturated carbocycles. The van der Waals surface area contributed by atoms with Crippen molar-refractivity contribution in [2.24, 2.45) is 0 Å². The van der Waals surface area contributed by atoms with Crippen LogP contribution < -0.4 is 137 Å². The second-order valence-corrected chi connectivity index (χ2v) is 20.8. The second kappa shape index (κ2) is 33.1. The minimum atomic E-state index is -5.39. The zero-order chi connectivity index (χ0) is 64.1. The molecular formula is C51H60N12Na3O22P. The van der Waals surface area contributed by atoms with E-state index in [2.05, 4.69) is 44.9 Å². The maximum Gasteiger partial charge on any atom is 1.00 e. The van der Waals surface area contributed by atoms with E-state index in [1.54, 1.807) is 36.4 Å². The van der Waals surface area contributed by atoms with Crippen LogP contribution in [0, 0.1) is 41.5 Å². The Kier molecular flexibility index (Phi) is 29.2. The maximum atomic E-state index is 12.2. The summed E-state index contributed by atoms with van der Waals surface area (Å²) in [4.78, 5) is 128. The van der Waals surface area contributed by atoms with E-state index in [1.165, 1.54) is 13.7 Å². The van der Waals surface area contributed by atoms with Crippen LogP contribution in [0.15, 0.2) is 65.2 Å². The molecule has 464 valence electrons. The van der Waals surface area contributed by atoms with Crippen molar-refractivity contribution in [3.8, 4) is 34.6 Å². The fourth-order valence-electron chi connectivity index (χ4n) is 8.68. The first-order chi connectivity index (χ1) is 40.2. The number of aliphatic hydroxyl groups excluding tert-OH is 12. The van der Waals surface area contributed by atoms with Gasteiger partial charge in [-0.2, -0.15) is 22.8 Å². The molecule has 0 fully saturated rings. The molecule has 34 nitrogen and oxygen atoms in total. The van der Waals surface area contributed by atoms with Gasteiger partial charge in [0, 0.05) is 0 Å². The van der Waals surface area contributed by atoms with Crippen LogP contribution in [0.4, 0.5) is 0 Å². The van der Waals surface area contributed by atoms with Gasteiger partial charge in [0.05, 0.1) is 72.6 Å². The Labute approximate surface area is 566 Å². The van der Waals surface area contributed by atoms with Gasteiger partial charge in [-0.05, 0) is 111 Å². The molecule has 0 saturated heterocycles. The summed E-state index contributed by atoms with van der Waals surface area (Å²) < 4.78 is 12.8. The Morgan fingerprint density at radius 2 is 0.596 bits per heavy atom. The third kappa shape index (κ3) is 19.1. The molecule has 0 spiro atoms. The van der Waals surface area contributed by atoms with Crippen molar-refractivity contribution in [3.63, 3.8) is 0 Å². The zero-order valence-corrected chi connectivity index (χ0v) is 56.2. The number of H-pyrrole nitrogens is 3. The smallest absolute Gasteiger partial charge is 0.822 e. The summed E-state index contributed by atoms with van der Waals surface area (Å²) in [7, 11) is -5.39. The first kappa shape index (κ1) is 78.4. The van der Waals surface area contributed by atoms with Gasteiger partial charge in [-0.3, -0.25) is 29.3 Å². The van der Waals surface area contributed by atoms with E-state index in [-0.39, 0.29) is 143 Å². The Hall–Kier alpha value is -4.87. The van der Waals surface area contributed by atoms with Crippen LogP contribution in [0.2, 0.25) is 0 Å². The zero-order valence-electron chi connectivity index (χ0n) is 49.3. The predicted molar refractivity (Wildman–Crippen MR) is 294 cm³/mol. The number of hydrogen-bond acceptors (Lipinski definition) is 28. The monoisotopic (exact) mass is 1290 g/mol. The fraction of sp³-hybridized carbons (Fsp3) is 0.412. The Morgan fingerprint density at radius 3 is 0.798 bits per heavy atom. The molecule has 0 aliphatic carbocycles. The molecule has 6 aliphatic heterocycles. The van der Waals surface area contributed by atoms with E-state index in [4.69, 9.17) is 34.6 Å². The van der Waals surface area contributed by atoms with Crippen molar-refractivity contribution in [1.82, 2.24) is 58.6 Å². The van der Waals surface area contributed by atoms with Crippen LogP contribution in [-0.2, 0) is 24.2 Å². The van der Waals surface area contributed by atoms with Gasteiger partial charge < -0.3 is 94.2 Å². The van der Waals surface area contributed by atoms with Crippen LogP contribution in [-0.4, -0.2) is 195 Å². The van der Waals surface area contributed by atoms with Crippen molar-refractivity contribution in [1.29, 1.82) is 0 Å². The predicted octanol–water partition coefficient (Wildman–Crippen LogP) is -17.0.